The topological polar surface area (TPSA) is 86.0 Å². The maximum atomic E-state index is 13.0. The lowest BCUT2D eigenvalue weighted by molar-refractivity contribution is -0.145. The van der Waals surface area contributed by atoms with Crippen molar-refractivity contribution in [3.63, 3.8) is 0 Å². The van der Waals surface area contributed by atoms with Crippen molar-refractivity contribution in [1.82, 2.24) is 29.8 Å². The number of hydroxylamine groups is 2. The van der Waals surface area contributed by atoms with Gasteiger partial charge in [0.15, 0.2) is 5.82 Å². The fraction of sp³-hybridized carbons (Fsp3) is 0.278. The van der Waals surface area contributed by atoms with Crippen LogP contribution in [0.15, 0.2) is 49.1 Å². The molecule has 29 heavy (non-hydrogen) atoms. The number of hydrogen-bond donors (Lipinski definition) is 0. The van der Waals surface area contributed by atoms with Gasteiger partial charge in [-0.3, -0.25) is 9.63 Å². The van der Waals surface area contributed by atoms with E-state index in [2.05, 4.69) is 20.1 Å². The van der Waals surface area contributed by atoms with Gasteiger partial charge in [0, 0.05) is 18.0 Å². The normalized spacial score (nSPS) is 12.6. The van der Waals surface area contributed by atoms with Crippen LogP contribution >= 0.6 is 0 Å². The molecule has 0 bridgehead atoms. The van der Waals surface area contributed by atoms with E-state index in [4.69, 9.17) is 4.84 Å². The molecule has 3 rings (SSSR count). The molecule has 1 aromatic carbocycles. The quantitative estimate of drug-likeness (QED) is 0.585. The van der Waals surface area contributed by atoms with Crippen molar-refractivity contribution < 1.29 is 22.8 Å². The molecule has 152 valence electrons. The van der Waals surface area contributed by atoms with Gasteiger partial charge in [0.05, 0.1) is 12.2 Å². The highest BCUT2D eigenvalue weighted by atomic mass is 19.4. The highest BCUT2D eigenvalue weighted by Gasteiger charge is 2.33. The number of hydrogen-bond acceptors (Lipinski definition) is 6. The third kappa shape index (κ3) is 4.40. The number of halogens is 3. The number of benzene rings is 1. The summed E-state index contributed by atoms with van der Waals surface area (Å²) in [5.41, 5.74) is -1.09. The number of nitrogens with zero attached hydrogens (tertiary/aromatic N) is 6. The Morgan fingerprint density at radius 3 is 2.59 bits per heavy atom. The van der Waals surface area contributed by atoms with Gasteiger partial charge in [-0.15, -0.1) is 0 Å². The summed E-state index contributed by atoms with van der Waals surface area (Å²) < 4.78 is 40.4. The van der Waals surface area contributed by atoms with E-state index in [1.807, 2.05) is 0 Å². The number of carbonyl (C=O) groups excluding carboxylic acids is 1. The van der Waals surface area contributed by atoms with Gasteiger partial charge in [-0.1, -0.05) is 6.07 Å². The van der Waals surface area contributed by atoms with E-state index in [1.54, 1.807) is 19.9 Å². The summed E-state index contributed by atoms with van der Waals surface area (Å²) in [5.74, 6) is -0.228. The standard InChI is InChI=1S/C18H17F3N6O2/c1-3-29-27(16(28)13-6-4-7-14(10-13)18(19,20)21)12(2)15-24-11-25-26(15)17-22-8-5-9-23-17/h4-12H,3H2,1-2H3. The predicted octanol–water partition coefficient (Wildman–Crippen LogP) is 3.23. The largest absolute Gasteiger partial charge is 0.416 e. The summed E-state index contributed by atoms with van der Waals surface area (Å²) in [6.45, 7) is 3.39. The Kier molecular flexibility index (Phi) is 5.87. The number of rotatable bonds is 6. The van der Waals surface area contributed by atoms with Crippen molar-refractivity contribution >= 4 is 5.91 Å². The van der Waals surface area contributed by atoms with Gasteiger partial charge < -0.3 is 0 Å². The molecule has 8 nitrogen and oxygen atoms in total. The maximum absolute atomic E-state index is 13.0. The van der Waals surface area contributed by atoms with Gasteiger partial charge in [-0.25, -0.2) is 20.0 Å². The molecule has 1 unspecified atom stereocenters. The van der Waals surface area contributed by atoms with E-state index in [0.717, 1.165) is 17.2 Å². The van der Waals surface area contributed by atoms with Crippen LogP contribution in [-0.4, -0.2) is 42.3 Å². The van der Waals surface area contributed by atoms with Crippen LogP contribution in [0.1, 0.15) is 41.6 Å². The molecule has 3 aromatic rings. The van der Waals surface area contributed by atoms with E-state index < -0.39 is 23.7 Å². The van der Waals surface area contributed by atoms with E-state index >= 15 is 0 Å². The summed E-state index contributed by atoms with van der Waals surface area (Å²) >= 11 is 0. The van der Waals surface area contributed by atoms with Crippen molar-refractivity contribution in [2.75, 3.05) is 6.61 Å². The molecule has 0 saturated carbocycles. The molecule has 0 radical (unpaired) electrons. The molecule has 0 aliphatic heterocycles. The molecule has 0 spiro atoms. The number of carbonyl (C=O) groups is 1. The minimum absolute atomic E-state index is 0.116. The number of alkyl halides is 3. The summed E-state index contributed by atoms with van der Waals surface area (Å²) in [6.07, 6.45) is -0.261. The van der Waals surface area contributed by atoms with Crippen molar-refractivity contribution in [3.8, 4) is 5.95 Å². The van der Waals surface area contributed by atoms with Crippen molar-refractivity contribution in [3.05, 3.63) is 66.0 Å². The van der Waals surface area contributed by atoms with Crippen LogP contribution in [-0.2, 0) is 11.0 Å². The molecular formula is C18H17F3N6O2. The van der Waals surface area contributed by atoms with Gasteiger partial charge in [-0.05, 0) is 38.1 Å². The van der Waals surface area contributed by atoms with E-state index in [-0.39, 0.29) is 23.9 Å². The van der Waals surface area contributed by atoms with Crippen LogP contribution in [0.2, 0.25) is 0 Å². The van der Waals surface area contributed by atoms with Gasteiger partial charge in [0.1, 0.15) is 12.4 Å². The Bertz CT molecular complexity index is 977. The predicted molar refractivity (Wildman–Crippen MR) is 94.6 cm³/mol. The van der Waals surface area contributed by atoms with Gasteiger partial charge >= 0.3 is 6.18 Å². The second-order valence-corrected chi connectivity index (χ2v) is 5.88. The zero-order valence-corrected chi connectivity index (χ0v) is 15.5. The molecule has 2 heterocycles. The molecular weight excluding hydrogens is 389 g/mol. The molecule has 11 heteroatoms. The van der Waals surface area contributed by atoms with Gasteiger partial charge in [0.25, 0.3) is 11.9 Å². The van der Waals surface area contributed by atoms with E-state index in [0.29, 0.717) is 0 Å². The number of aromatic nitrogens is 5. The monoisotopic (exact) mass is 406 g/mol. The first-order chi connectivity index (χ1) is 13.8. The molecule has 0 aliphatic rings. The van der Waals surface area contributed by atoms with E-state index in [9.17, 15) is 18.0 Å². The summed E-state index contributed by atoms with van der Waals surface area (Å²) in [4.78, 5) is 30.7. The average Bonchev–Trinajstić information content (AvgIpc) is 3.21. The first kappa shape index (κ1) is 20.4. The Morgan fingerprint density at radius 2 is 1.93 bits per heavy atom. The zero-order valence-electron chi connectivity index (χ0n) is 15.5. The van der Waals surface area contributed by atoms with Crippen molar-refractivity contribution in [2.45, 2.75) is 26.1 Å². The number of amides is 1. The Balaban J connectivity index is 1.95. The van der Waals surface area contributed by atoms with Crippen molar-refractivity contribution in [1.29, 1.82) is 0 Å². The third-order valence-corrected chi connectivity index (χ3v) is 3.95. The van der Waals surface area contributed by atoms with Crippen molar-refractivity contribution in [2.24, 2.45) is 0 Å². The van der Waals surface area contributed by atoms with Gasteiger partial charge in [0.2, 0.25) is 0 Å². The summed E-state index contributed by atoms with van der Waals surface area (Å²) in [5, 5.41) is 5.04. The Labute approximate surface area is 163 Å². The molecule has 0 fully saturated rings. The van der Waals surface area contributed by atoms with Crippen LogP contribution in [0.3, 0.4) is 0 Å². The molecule has 1 atom stereocenters. The van der Waals surface area contributed by atoms with Crippen LogP contribution in [0.4, 0.5) is 13.2 Å². The van der Waals surface area contributed by atoms with Gasteiger partial charge in [-0.2, -0.15) is 23.0 Å². The fourth-order valence-corrected chi connectivity index (χ4v) is 2.64. The lowest BCUT2D eigenvalue weighted by Crippen LogP contribution is -2.35. The van der Waals surface area contributed by atoms with Crippen LogP contribution in [0, 0.1) is 0 Å². The second kappa shape index (κ2) is 8.35. The fourth-order valence-electron chi connectivity index (χ4n) is 2.64. The summed E-state index contributed by atoms with van der Waals surface area (Å²) in [7, 11) is 0. The van der Waals surface area contributed by atoms with E-state index in [1.165, 1.54) is 35.5 Å². The highest BCUT2D eigenvalue weighted by molar-refractivity contribution is 5.94. The third-order valence-electron chi connectivity index (χ3n) is 3.95. The lowest BCUT2D eigenvalue weighted by atomic mass is 10.1. The summed E-state index contributed by atoms with van der Waals surface area (Å²) in [6, 6.07) is 4.99. The maximum Gasteiger partial charge on any atom is 0.416 e. The minimum Gasteiger partial charge on any atom is -0.270 e. The molecule has 1 amide bonds. The molecule has 0 aliphatic carbocycles. The highest BCUT2D eigenvalue weighted by Crippen LogP contribution is 2.30. The first-order valence-corrected chi connectivity index (χ1v) is 8.64. The SMILES string of the molecule is CCON(C(=O)c1cccc(C(F)(F)F)c1)C(C)c1ncnn1-c1ncccn1. The average molecular weight is 406 g/mol. The lowest BCUT2D eigenvalue weighted by Gasteiger charge is -2.27. The van der Waals surface area contributed by atoms with Crippen LogP contribution < -0.4 is 0 Å². The second-order valence-electron chi connectivity index (χ2n) is 5.88. The Hall–Kier alpha value is -3.34. The molecule has 0 N–H and O–H groups in total. The zero-order chi connectivity index (χ0) is 21.0. The Morgan fingerprint density at radius 1 is 1.21 bits per heavy atom. The van der Waals surface area contributed by atoms with Crippen LogP contribution in [0.25, 0.3) is 5.95 Å². The van der Waals surface area contributed by atoms with Crippen LogP contribution in [0.5, 0.6) is 0 Å². The first-order valence-electron chi connectivity index (χ1n) is 8.64. The molecule has 2 aromatic heterocycles. The smallest absolute Gasteiger partial charge is 0.270 e. The minimum atomic E-state index is -4.57. The molecule has 0 saturated heterocycles.